The minimum atomic E-state index is 0. The normalized spacial score (nSPS) is 28.0. The molecule has 0 aliphatic carbocycles. The number of nitrogens with zero attached hydrogens (tertiary/aromatic N) is 1. The van der Waals surface area contributed by atoms with Gasteiger partial charge in [0.2, 0.25) is 0 Å². The predicted molar refractivity (Wildman–Crippen MR) is 39.5 cm³/mol. The van der Waals surface area contributed by atoms with E-state index in [1.807, 2.05) is 0 Å². The first-order valence-corrected chi connectivity index (χ1v) is 3.15. The maximum Gasteiger partial charge on any atom is 0.0586 e. The Hall–Kier alpha value is -0.0800. The zero-order chi connectivity index (χ0) is 5.98. The third-order valence-corrected chi connectivity index (χ3v) is 1.88. The molecule has 0 saturated carbocycles. The average molecular weight is 131 g/mol. The van der Waals surface area contributed by atoms with Crippen LogP contribution in [0, 0.1) is 0 Å². The Bertz CT molecular complexity index is 75.3. The van der Waals surface area contributed by atoms with Crippen molar-refractivity contribution in [2.24, 2.45) is 0 Å². The molecule has 2 nitrogen and oxygen atoms in total. The summed E-state index contributed by atoms with van der Waals surface area (Å²) in [6.07, 6.45) is 2.43. The van der Waals surface area contributed by atoms with Gasteiger partial charge in [-0.1, -0.05) is 7.43 Å². The smallest absolute Gasteiger partial charge is 0.0586 e. The van der Waals surface area contributed by atoms with Gasteiger partial charge in [-0.3, -0.25) is 0 Å². The molecule has 0 aromatic heterocycles. The number of aliphatic hydroxyl groups excluding tert-OH is 1. The van der Waals surface area contributed by atoms with Crippen molar-refractivity contribution in [3.05, 3.63) is 0 Å². The lowest BCUT2D eigenvalue weighted by Gasteiger charge is -2.15. The number of rotatable bonds is 1. The number of hydrogen-bond acceptors (Lipinski definition) is 2. The van der Waals surface area contributed by atoms with Crippen molar-refractivity contribution in [3.8, 4) is 0 Å². The Balaban J connectivity index is 0.000000640. The second-order valence-corrected chi connectivity index (χ2v) is 2.46. The number of likely N-dealkylation sites (N-methyl/N-ethyl adjacent to an activating group) is 1. The molecule has 0 amide bonds. The second-order valence-electron chi connectivity index (χ2n) is 2.46. The number of hydrogen-bond donors (Lipinski definition) is 1. The SMILES string of the molecule is C.CN1CCC[C@H]1CO. The van der Waals surface area contributed by atoms with Gasteiger partial charge in [0.15, 0.2) is 0 Å². The minimum Gasteiger partial charge on any atom is -0.395 e. The van der Waals surface area contributed by atoms with Gasteiger partial charge in [0.1, 0.15) is 0 Å². The summed E-state index contributed by atoms with van der Waals surface area (Å²) in [5.41, 5.74) is 0. The molecule has 1 N–H and O–H groups in total. The molecule has 0 aromatic carbocycles. The summed E-state index contributed by atoms with van der Waals surface area (Å²) < 4.78 is 0. The number of aliphatic hydroxyl groups is 1. The van der Waals surface area contributed by atoms with E-state index in [0.29, 0.717) is 12.6 Å². The molecule has 0 spiro atoms. The molecule has 0 radical (unpaired) electrons. The molecule has 0 aromatic rings. The van der Waals surface area contributed by atoms with E-state index in [9.17, 15) is 0 Å². The molecule has 1 aliphatic heterocycles. The highest BCUT2D eigenvalue weighted by atomic mass is 16.3. The Kier molecular flexibility index (Phi) is 3.82. The van der Waals surface area contributed by atoms with Gasteiger partial charge >= 0.3 is 0 Å². The van der Waals surface area contributed by atoms with Crippen LogP contribution in [0.3, 0.4) is 0 Å². The zero-order valence-electron chi connectivity index (χ0n) is 5.30. The Morgan fingerprint density at radius 3 is 2.56 bits per heavy atom. The van der Waals surface area contributed by atoms with Crippen molar-refractivity contribution in [1.29, 1.82) is 0 Å². The molecule has 1 rings (SSSR count). The highest BCUT2D eigenvalue weighted by Crippen LogP contribution is 2.12. The van der Waals surface area contributed by atoms with Crippen LogP contribution in [0.4, 0.5) is 0 Å². The molecular weight excluding hydrogens is 114 g/mol. The summed E-state index contributed by atoms with van der Waals surface area (Å²) in [6, 6.07) is 0.454. The molecule has 0 unspecified atom stereocenters. The topological polar surface area (TPSA) is 23.5 Å². The number of likely N-dealkylation sites (tertiary alicyclic amines) is 1. The molecular formula is C7H17NO. The minimum absolute atomic E-state index is 0. The third kappa shape index (κ3) is 1.95. The largest absolute Gasteiger partial charge is 0.395 e. The lowest BCUT2D eigenvalue weighted by Crippen LogP contribution is -2.27. The predicted octanol–water partition coefficient (Wildman–Crippen LogP) is 0.709. The fourth-order valence-corrected chi connectivity index (χ4v) is 1.21. The van der Waals surface area contributed by atoms with Crippen molar-refractivity contribution in [1.82, 2.24) is 4.90 Å². The molecule has 1 aliphatic rings. The van der Waals surface area contributed by atoms with E-state index in [1.54, 1.807) is 0 Å². The standard InChI is InChI=1S/C6H13NO.CH4/c1-7-4-2-3-6(7)5-8;/h6,8H,2-5H2,1H3;1H4/t6-;/m0./s1. The van der Waals surface area contributed by atoms with E-state index in [4.69, 9.17) is 5.11 Å². The fourth-order valence-electron chi connectivity index (χ4n) is 1.21. The monoisotopic (exact) mass is 131 g/mol. The van der Waals surface area contributed by atoms with Crippen molar-refractivity contribution in [3.63, 3.8) is 0 Å². The van der Waals surface area contributed by atoms with E-state index < -0.39 is 0 Å². The summed E-state index contributed by atoms with van der Waals surface area (Å²) in [4.78, 5) is 2.21. The fraction of sp³-hybridized carbons (Fsp3) is 1.00. The molecule has 1 saturated heterocycles. The first-order valence-electron chi connectivity index (χ1n) is 3.15. The van der Waals surface area contributed by atoms with Gasteiger partial charge in [0, 0.05) is 6.04 Å². The summed E-state index contributed by atoms with van der Waals surface area (Å²) in [7, 11) is 2.06. The van der Waals surface area contributed by atoms with E-state index >= 15 is 0 Å². The van der Waals surface area contributed by atoms with Gasteiger partial charge in [-0.05, 0) is 26.4 Å². The maximum absolute atomic E-state index is 8.69. The van der Waals surface area contributed by atoms with Crippen molar-refractivity contribution in [2.45, 2.75) is 26.3 Å². The lowest BCUT2D eigenvalue weighted by molar-refractivity contribution is 0.182. The quantitative estimate of drug-likeness (QED) is 0.566. The third-order valence-electron chi connectivity index (χ3n) is 1.88. The Morgan fingerprint density at radius 2 is 2.33 bits per heavy atom. The van der Waals surface area contributed by atoms with Gasteiger partial charge in [-0.15, -0.1) is 0 Å². The molecule has 1 heterocycles. The van der Waals surface area contributed by atoms with Gasteiger partial charge in [-0.25, -0.2) is 0 Å². The van der Waals surface area contributed by atoms with Crippen molar-refractivity contribution >= 4 is 0 Å². The van der Waals surface area contributed by atoms with Crippen molar-refractivity contribution in [2.75, 3.05) is 20.2 Å². The lowest BCUT2D eigenvalue weighted by atomic mass is 10.2. The van der Waals surface area contributed by atoms with E-state index in [1.165, 1.54) is 12.8 Å². The van der Waals surface area contributed by atoms with Gasteiger partial charge < -0.3 is 10.0 Å². The van der Waals surface area contributed by atoms with E-state index in [-0.39, 0.29) is 7.43 Å². The van der Waals surface area contributed by atoms with Crippen molar-refractivity contribution < 1.29 is 5.11 Å². The van der Waals surface area contributed by atoms with Crippen LogP contribution in [-0.4, -0.2) is 36.2 Å². The summed E-state index contributed by atoms with van der Waals surface area (Å²) in [5, 5.41) is 8.69. The highest BCUT2D eigenvalue weighted by molar-refractivity contribution is 4.74. The summed E-state index contributed by atoms with van der Waals surface area (Å²) in [5.74, 6) is 0. The molecule has 9 heavy (non-hydrogen) atoms. The van der Waals surface area contributed by atoms with Gasteiger partial charge in [0.05, 0.1) is 6.61 Å². The Labute approximate surface area is 57.5 Å². The van der Waals surface area contributed by atoms with Crippen LogP contribution < -0.4 is 0 Å². The van der Waals surface area contributed by atoms with E-state index in [0.717, 1.165) is 6.54 Å². The Morgan fingerprint density at radius 1 is 1.67 bits per heavy atom. The van der Waals surface area contributed by atoms with Crippen LogP contribution in [0.25, 0.3) is 0 Å². The van der Waals surface area contributed by atoms with Crippen LogP contribution in [0.5, 0.6) is 0 Å². The molecule has 0 bridgehead atoms. The summed E-state index contributed by atoms with van der Waals surface area (Å²) >= 11 is 0. The molecule has 56 valence electrons. The summed E-state index contributed by atoms with van der Waals surface area (Å²) in [6.45, 7) is 1.49. The first-order chi connectivity index (χ1) is 3.84. The van der Waals surface area contributed by atoms with Crippen LogP contribution >= 0.6 is 0 Å². The van der Waals surface area contributed by atoms with Gasteiger partial charge in [0.25, 0.3) is 0 Å². The van der Waals surface area contributed by atoms with Crippen LogP contribution in [0.15, 0.2) is 0 Å². The second kappa shape index (κ2) is 3.85. The first kappa shape index (κ1) is 8.92. The maximum atomic E-state index is 8.69. The van der Waals surface area contributed by atoms with Crippen LogP contribution in [0.2, 0.25) is 0 Å². The highest BCUT2D eigenvalue weighted by Gasteiger charge is 2.18. The average Bonchev–Trinajstić information content (AvgIpc) is 2.14. The molecule has 2 heteroatoms. The van der Waals surface area contributed by atoms with Crippen LogP contribution in [-0.2, 0) is 0 Å². The molecule has 1 fully saturated rings. The van der Waals surface area contributed by atoms with Crippen LogP contribution in [0.1, 0.15) is 20.3 Å². The van der Waals surface area contributed by atoms with E-state index in [2.05, 4.69) is 11.9 Å². The molecule has 1 atom stereocenters. The van der Waals surface area contributed by atoms with Gasteiger partial charge in [-0.2, -0.15) is 0 Å². The zero-order valence-corrected chi connectivity index (χ0v) is 5.30.